The number of fused-ring (bicyclic) bond motifs is 1. The molecular formula is C27H35FN6O3. The number of carbonyl (C=O) groups excluding carboxylic acids is 1. The maximum Gasteiger partial charge on any atom is 0.410 e. The minimum Gasteiger partial charge on any atom is -0.444 e. The van der Waals surface area contributed by atoms with Crippen molar-refractivity contribution < 1.29 is 19.0 Å². The summed E-state index contributed by atoms with van der Waals surface area (Å²) in [6, 6.07) is 5.93. The molecular weight excluding hydrogens is 475 g/mol. The number of anilines is 1. The van der Waals surface area contributed by atoms with Crippen molar-refractivity contribution in [3.63, 3.8) is 0 Å². The van der Waals surface area contributed by atoms with E-state index in [-0.39, 0.29) is 18.6 Å². The van der Waals surface area contributed by atoms with Crippen LogP contribution in [0.15, 0.2) is 24.4 Å². The van der Waals surface area contributed by atoms with E-state index in [1.807, 2.05) is 52.8 Å². The zero-order valence-corrected chi connectivity index (χ0v) is 22.1. The van der Waals surface area contributed by atoms with E-state index < -0.39 is 17.9 Å². The van der Waals surface area contributed by atoms with Gasteiger partial charge in [-0.15, -0.1) is 0 Å². The quantitative estimate of drug-likeness (QED) is 0.567. The van der Waals surface area contributed by atoms with Gasteiger partial charge in [0.2, 0.25) is 0 Å². The number of hydrogen-bond acceptors (Lipinski definition) is 7. The second-order valence-corrected chi connectivity index (χ2v) is 11.2. The molecule has 198 valence electrons. The molecule has 2 fully saturated rings. The van der Waals surface area contributed by atoms with E-state index in [2.05, 4.69) is 20.0 Å². The molecule has 2 aliphatic heterocycles. The Morgan fingerprint density at radius 2 is 1.84 bits per heavy atom. The molecule has 2 unspecified atom stereocenters. The number of ether oxygens (including phenoxy) is 1. The number of carbonyl (C=O) groups is 1. The predicted molar refractivity (Wildman–Crippen MR) is 139 cm³/mol. The third kappa shape index (κ3) is 5.25. The number of piperidine rings is 1. The number of aromatic nitrogens is 4. The van der Waals surface area contributed by atoms with Crippen LogP contribution >= 0.6 is 0 Å². The van der Waals surface area contributed by atoms with Gasteiger partial charge in [-0.1, -0.05) is 0 Å². The van der Waals surface area contributed by atoms with Crippen LogP contribution in [0.4, 0.5) is 15.0 Å². The fourth-order valence-electron chi connectivity index (χ4n) is 5.29. The van der Waals surface area contributed by atoms with E-state index in [0.29, 0.717) is 37.6 Å². The van der Waals surface area contributed by atoms with E-state index in [9.17, 15) is 9.90 Å². The van der Waals surface area contributed by atoms with Crippen LogP contribution in [0.1, 0.15) is 56.5 Å². The van der Waals surface area contributed by atoms with Gasteiger partial charge < -0.3 is 19.6 Å². The fraction of sp³-hybridized carbons (Fsp3) is 0.556. The molecule has 0 radical (unpaired) electrons. The zero-order chi connectivity index (χ0) is 26.5. The lowest BCUT2D eigenvalue weighted by atomic mass is 9.85. The van der Waals surface area contributed by atoms with Crippen molar-refractivity contribution in [2.45, 2.75) is 71.3 Å². The molecule has 0 bridgehead atoms. The molecule has 0 spiro atoms. The number of benzene rings is 1. The van der Waals surface area contributed by atoms with Crippen LogP contribution in [0.25, 0.3) is 16.7 Å². The summed E-state index contributed by atoms with van der Waals surface area (Å²) in [5, 5.41) is 15.5. The molecule has 4 heterocycles. The van der Waals surface area contributed by atoms with Gasteiger partial charge in [0.05, 0.1) is 24.4 Å². The van der Waals surface area contributed by atoms with E-state index in [1.54, 1.807) is 10.9 Å². The van der Waals surface area contributed by atoms with Crippen molar-refractivity contribution in [2.75, 3.05) is 31.1 Å². The molecule has 0 saturated carbocycles. The monoisotopic (exact) mass is 510 g/mol. The van der Waals surface area contributed by atoms with Crippen LogP contribution < -0.4 is 4.90 Å². The number of amides is 1. The van der Waals surface area contributed by atoms with Gasteiger partial charge in [0, 0.05) is 37.0 Å². The van der Waals surface area contributed by atoms with Crippen LogP contribution in [0, 0.1) is 13.8 Å². The maximum atomic E-state index is 15.5. The second-order valence-electron chi connectivity index (χ2n) is 11.2. The average Bonchev–Trinajstić information content (AvgIpc) is 3.43. The molecule has 3 atom stereocenters. The van der Waals surface area contributed by atoms with Crippen molar-refractivity contribution in [3.8, 4) is 5.82 Å². The largest absolute Gasteiger partial charge is 0.444 e. The zero-order valence-electron chi connectivity index (χ0n) is 22.1. The molecule has 0 aliphatic carbocycles. The summed E-state index contributed by atoms with van der Waals surface area (Å²) < 4.78 is 22.7. The number of alkyl halides is 1. The normalized spacial score (nSPS) is 22.6. The van der Waals surface area contributed by atoms with Crippen LogP contribution in [0.5, 0.6) is 0 Å². The minimum atomic E-state index is -1.21. The maximum absolute atomic E-state index is 15.5. The van der Waals surface area contributed by atoms with E-state index in [1.165, 1.54) is 4.90 Å². The molecule has 2 aromatic heterocycles. The SMILES string of the molecule is Cc1nc(N2CC[C@H](O)C2)cc(-n2ncc3cc(C)c(C4CCN(C(=O)OC(C)(C)C)CC4F)cc32)n1. The van der Waals surface area contributed by atoms with Crippen LogP contribution in [0.2, 0.25) is 0 Å². The van der Waals surface area contributed by atoms with Gasteiger partial charge in [-0.05, 0) is 70.7 Å². The van der Waals surface area contributed by atoms with Crippen molar-refractivity contribution >= 4 is 22.8 Å². The highest BCUT2D eigenvalue weighted by Gasteiger charge is 2.35. The molecule has 2 saturated heterocycles. The van der Waals surface area contributed by atoms with Crippen molar-refractivity contribution in [3.05, 3.63) is 41.3 Å². The lowest BCUT2D eigenvalue weighted by molar-refractivity contribution is 0.0111. The lowest BCUT2D eigenvalue weighted by Gasteiger charge is -2.36. The van der Waals surface area contributed by atoms with E-state index >= 15 is 4.39 Å². The Hall–Kier alpha value is -3.27. The molecule has 37 heavy (non-hydrogen) atoms. The standard InChI is InChI=1S/C27H35FN6O3/c1-16-10-18-13-29-34(25-12-24(30-17(2)31-25)32-8-6-19(35)14-32)23(18)11-21(16)20-7-9-33(15-22(20)28)26(36)37-27(3,4)5/h10-13,19-20,22,35H,6-9,14-15H2,1-5H3/t19-,20?,22?/m0/s1. The number of halogens is 1. The lowest BCUT2D eigenvalue weighted by Crippen LogP contribution is -2.46. The number of β-amino-alcohol motifs (C(OH)–C–C–N with tert-alkyl or cyclic N) is 1. The molecule has 9 nitrogen and oxygen atoms in total. The predicted octanol–water partition coefficient (Wildman–Crippen LogP) is 4.07. The summed E-state index contributed by atoms with van der Waals surface area (Å²) >= 11 is 0. The molecule has 1 aromatic carbocycles. The van der Waals surface area contributed by atoms with E-state index in [0.717, 1.165) is 34.4 Å². The Labute approximate surface area is 216 Å². The van der Waals surface area contributed by atoms with Gasteiger partial charge in [-0.25, -0.2) is 23.8 Å². The first-order chi connectivity index (χ1) is 17.5. The van der Waals surface area contributed by atoms with Gasteiger partial charge in [0.15, 0.2) is 5.82 Å². The Balaban J connectivity index is 1.44. The number of aryl methyl sites for hydroxylation is 2. The number of likely N-dealkylation sites (tertiary alicyclic amines) is 1. The highest BCUT2D eigenvalue weighted by molar-refractivity contribution is 5.82. The minimum absolute atomic E-state index is 0.00642. The highest BCUT2D eigenvalue weighted by atomic mass is 19.1. The number of aliphatic hydroxyl groups is 1. The molecule has 3 aromatic rings. The van der Waals surface area contributed by atoms with Crippen molar-refractivity contribution in [1.29, 1.82) is 0 Å². The average molecular weight is 511 g/mol. The smallest absolute Gasteiger partial charge is 0.410 e. The third-order valence-electron chi connectivity index (χ3n) is 7.06. The Bertz CT molecular complexity index is 1320. The second kappa shape index (κ2) is 9.55. The first-order valence-corrected chi connectivity index (χ1v) is 12.9. The Morgan fingerprint density at radius 1 is 1.08 bits per heavy atom. The third-order valence-corrected chi connectivity index (χ3v) is 7.06. The van der Waals surface area contributed by atoms with Crippen molar-refractivity contribution in [1.82, 2.24) is 24.6 Å². The topological polar surface area (TPSA) is 96.6 Å². The fourth-order valence-corrected chi connectivity index (χ4v) is 5.29. The van der Waals surface area contributed by atoms with Gasteiger partial charge in [0.25, 0.3) is 0 Å². The van der Waals surface area contributed by atoms with Crippen LogP contribution in [0.3, 0.4) is 0 Å². The molecule has 5 rings (SSSR count). The molecule has 1 N–H and O–H groups in total. The van der Waals surface area contributed by atoms with Gasteiger partial charge >= 0.3 is 6.09 Å². The molecule has 1 amide bonds. The number of nitrogens with zero attached hydrogens (tertiary/aromatic N) is 6. The summed E-state index contributed by atoms with van der Waals surface area (Å²) in [4.78, 5) is 25.2. The molecule has 10 heteroatoms. The van der Waals surface area contributed by atoms with Crippen molar-refractivity contribution in [2.24, 2.45) is 0 Å². The van der Waals surface area contributed by atoms with E-state index in [4.69, 9.17) is 4.74 Å². The number of rotatable bonds is 3. The summed E-state index contributed by atoms with van der Waals surface area (Å²) in [6.07, 6.45) is 0.978. The number of hydrogen-bond donors (Lipinski definition) is 1. The summed E-state index contributed by atoms with van der Waals surface area (Å²) in [6.45, 7) is 11.0. The van der Waals surface area contributed by atoms with Gasteiger partial charge in [-0.3, -0.25) is 0 Å². The Kier molecular flexibility index (Phi) is 6.55. The van der Waals surface area contributed by atoms with Gasteiger partial charge in [0.1, 0.15) is 23.4 Å². The van der Waals surface area contributed by atoms with Crippen LogP contribution in [-0.4, -0.2) is 79.9 Å². The Morgan fingerprint density at radius 3 is 2.51 bits per heavy atom. The van der Waals surface area contributed by atoms with Gasteiger partial charge in [-0.2, -0.15) is 5.10 Å². The summed E-state index contributed by atoms with van der Waals surface area (Å²) in [5.74, 6) is 1.67. The number of aliphatic hydroxyl groups excluding tert-OH is 1. The first-order valence-electron chi connectivity index (χ1n) is 12.9. The molecule has 2 aliphatic rings. The summed E-state index contributed by atoms with van der Waals surface area (Å²) in [7, 11) is 0. The van der Waals surface area contributed by atoms with Crippen LogP contribution in [-0.2, 0) is 4.74 Å². The first kappa shape index (κ1) is 25.4. The highest BCUT2D eigenvalue weighted by Crippen LogP contribution is 2.35. The summed E-state index contributed by atoms with van der Waals surface area (Å²) in [5.41, 5.74) is 2.14.